The average molecular weight is 240 g/mol. The lowest BCUT2D eigenvalue weighted by Crippen LogP contribution is -2.10. The summed E-state index contributed by atoms with van der Waals surface area (Å²) in [6, 6.07) is 6.59. The quantitative estimate of drug-likeness (QED) is 0.765. The van der Waals surface area contributed by atoms with Crippen molar-refractivity contribution in [3.8, 4) is 0 Å². The first-order chi connectivity index (χ1) is 6.18. The number of nitrogens with zero attached hydrogens (tertiary/aromatic N) is 1. The van der Waals surface area contributed by atoms with E-state index in [1.165, 1.54) is 28.6 Å². The molecule has 0 radical (unpaired) electrons. The maximum Gasteiger partial charge on any atom is 0.0407 e. The molecule has 1 nitrogen and oxygen atoms in total. The third-order valence-electron chi connectivity index (χ3n) is 2.49. The van der Waals surface area contributed by atoms with E-state index in [0.717, 1.165) is 5.92 Å². The van der Waals surface area contributed by atoms with Gasteiger partial charge in [0.05, 0.1) is 0 Å². The van der Waals surface area contributed by atoms with Crippen LogP contribution in [0.15, 0.2) is 22.7 Å². The molecule has 1 aromatic carbocycles. The van der Waals surface area contributed by atoms with Crippen molar-refractivity contribution in [1.29, 1.82) is 0 Å². The maximum atomic E-state index is 3.51. The predicted octanol–water partition coefficient (Wildman–Crippen LogP) is 3.39. The van der Waals surface area contributed by atoms with E-state index < -0.39 is 0 Å². The summed E-state index contributed by atoms with van der Waals surface area (Å²) in [5, 5.41) is 0. The molecule has 1 saturated carbocycles. The summed E-state index contributed by atoms with van der Waals surface area (Å²) in [5.41, 5.74) is 2.87. The van der Waals surface area contributed by atoms with Crippen LogP contribution in [0.1, 0.15) is 24.3 Å². The highest BCUT2D eigenvalue weighted by atomic mass is 79.9. The molecule has 0 N–H and O–H groups in total. The Morgan fingerprint density at radius 3 is 2.54 bits per heavy atom. The molecule has 1 fully saturated rings. The van der Waals surface area contributed by atoms with Crippen LogP contribution in [0, 0.1) is 0 Å². The Kier molecular flexibility index (Phi) is 2.33. The summed E-state index contributed by atoms with van der Waals surface area (Å²) in [6.07, 6.45) is 2.73. The Morgan fingerprint density at radius 2 is 2.00 bits per heavy atom. The van der Waals surface area contributed by atoms with Crippen molar-refractivity contribution in [2.75, 3.05) is 19.0 Å². The van der Waals surface area contributed by atoms with Gasteiger partial charge in [0.25, 0.3) is 0 Å². The summed E-state index contributed by atoms with van der Waals surface area (Å²) in [4.78, 5) is 2.19. The van der Waals surface area contributed by atoms with Crippen LogP contribution < -0.4 is 4.90 Å². The van der Waals surface area contributed by atoms with Crippen LogP contribution >= 0.6 is 15.9 Å². The summed E-state index contributed by atoms with van der Waals surface area (Å²) < 4.78 is 1.17. The first-order valence-electron chi connectivity index (χ1n) is 4.65. The molecule has 13 heavy (non-hydrogen) atoms. The van der Waals surface area contributed by atoms with Gasteiger partial charge in [-0.25, -0.2) is 0 Å². The van der Waals surface area contributed by atoms with Gasteiger partial charge in [-0.15, -0.1) is 0 Å². The molecule has 70 valence electrons. The molecular formula is C11H14BrN. The highest BCUT2D eigenvalue weighted by Crippen LogP contribution is 2.44. The number of rotatable bonds is 2. The van der Waals surface area contributed by atoms with Crippen molar-refractivity contribution in [3.05, 3.63) is 28.2 Å². The van der Waals surface area contributed by atoms with Crippen molar-refractivity contribution >= 4 is 21.6 Å². The highest BCUT2D eigenvalue weighted by molar-refractivity contribution is 9.10. The van der Waals surface area contributed by atoms with E-state index in [9.17, 15) is 0 Å². The molecule has 0 bridgehead atoms. The number of hydrogen-bond donors (Lipinski definition) is 0. The lowest BCUT2D eigenvalue weighted by molar-refractivity contribution is 1.05. The van der Waals surface area contributed by atoms with Crippen LogP contribution in [-0.4, -0.2) is 14.1 Å². The Morgan fingerprint density at radius 1 is 1.31 bits per heavy atom. The predicted molar refractivity (Wildman–Crippen MR) is 60.4 cm³/mol. The standard InChI is InChI=1S/C11H14BrN/c1-13(2)11-7-9(12)5-6-10(11)8-3-4-8/h5-8H,3-4H2,1-2H3. The van der Waals surface area contributed by atoms with E-state index >= 15 is 0 Å². The zero-order valence-electron chi connectivity index (χ0n) is 8.05. The van der Waals surface area contributed by atoms with Gasteiger partial charge in [-0.2, -0.15) is 0 Å². The minimum Gasteiger partial charge on any atom is -0.377 e. The molecule has 1 aliphatic rings. The van der Waals surface area contributed by atoms with E-state index in [4.69, 9.17) is 0 Å². The fourth-order valence-electron chi connectivity index (χ4n) is 1.64. The van der Waals surface area contributed by atoms with E-state index in [1.54, 1.807) is 0 Å². The molecule has 0 amide bonds. The van der Waals surface area contributed by atoms with Crippen LogP contribution in [0.4, 0.5) is 5.69 Å². The Hall–Kier alpha value is -0.500. The first kappa shape index (κ1) is 9.07. The molecule has 2 heteroatoms. The minimum absolute atomic E-state index is 0.825. The monoisotopic (exact) mass is 239 g/mol. The SMILES string of the molecule is CN(C)c1cc(Br)ccc1C1CC1. The molecule has 2 rings (SSSR count). The molecule has 0 aliphatic heterocycles. The van der Waals surface area contributed by atoms with Crippen molar-refractivity contribution in [1.82, 2.24) is 0 Å². The van der Waals surface area contributed by atoms with Crippen molar-refractivity contribution in [2.45, 2.75) is 18.8 Å². The Labute approximate surface area is 87.9 Å². The van der Waals surface area contributed by atoms with Crippen molar-refractivity contribution in [2.24, 2.45) is 0 Å². The molecule has 1 aliphatic carbocycles. The smallest absolute Gasteiger partial charge is 0.0407 e. The number of hydrogen-bond acceptors (Lipinski definition) is 1. The second-order valence-corrected chi connectivity index (χ2v) is 4.79. The number of benzene rings is 1. The van der Waals surface area contributed by atoms with Gasteiger partial charge < -0.3 is 4.90 Å². The van der Waals surface area contributed by atoms with Gasteiger partial charge in [0.1, 0.15) is 0 Å². The van der Waals surface area contributed by atoms with E-state index in [-0.39, 0.29) is 0 Å². The van der Waals surface area contributed by atoms with E-state index in [0.29, 0.717) is 0 Å². The third-order valence-corrected chi connectivity index (χ3v) is 2.98. The van der Waals surface area contributed by atoms with Crippen LogP contribution in [0.5, 0.6) is 0 Å². The van der Waals surface area contributed by atoms with E-state index in [1.807, 2.05) is 0 Å². The summed E-state index contributed by atoms with van der Waals surface area (Å²) in [5.74, 6) is 0.825. The Bertz CT molecular complexity index is 316. The fourth-order valence-corrected chi connectivity index (χ4v) is 1.99. The van der Waals surface area contributed by atoms with Crippen molar-refractivity contribution in [3.63, 3.8) is 0 Å². The van der Waals surface area contributed by atoms with Crippen LogP contribution in [0.2, 0.25) is 0 Å². The van der Waals surface area contributed by atoms with Crippen LogP contribution in [0.25, 0.3) is 0 Å². The molecule has 0 atom stereocenters. The number of halogens is 1. The van der Waals surface area contributed by atoms with Gasteiger partial charge >= 0.3 is 0 Å². The molecule has 1 aromatic rings. The van der Waals surface area contributed by atoms with Crippen molar-refractivity contribution < 1.29 is 0 Å². The second kappa shape index (κ2) is 3.33. The molecule has 0 spiro atoms. The fraction of sp³-hybridized carbons (Fsp3) is 0.455. The first-order valence-corrected chi connectivity index (χ1v) is 5.44. The van der Waals surface area contributed by atoms with E-state index in [2.05, 4.69) is 53.1 Å². The zero-order valence-corrected chi connectivity index (χ0v) is 9.63. The zero-order chi connectivity index (χ0) is 9.42. The van der Waals surface area contributed by atoms with Gasteiger partial charge in [-0.05, 0) is 36.5 Å². The van der Waals surface area contributed by atoms with Gasteiger partial charge in [0.15, 0.2) is 0 Å². The average Bonchev–Trinajstić information content (AvgIpc) is 2.87. The van der Waals surface area contributed by atoms with Gasteiger partial charge in [-0.1, -0.05) is 22.0 Å². The molecule has 0 saturated heterocycles. The topological polar surface area (TPSA) is 3.24 Å². The summed E-state index contributed by atoms with van der Waals surface area (Å²) >= 11 is 3.51. The minimum atomic E-state index is 0.825. The molecular weight excluding hydrogens is 226 g/mol. The third kappa shape index (κ3) is 1.88. The maximum absolute atomic E-state index is 3.51. The molecule has 0 aromatic heterocycles. The highest BCUT2D eigenvalue weighted by Gasteiger charge is 2.26. The Balaban J connectivity index is 2.41. The van der Waals surface area contributed by atoms with Gasteiger partial charge in [-0.3, -0.25) is 0 Å². The lowest BCUT2D eigenvalue weighted by Gasteiger charge is -2.17. The lowest BCUT2D eigenvalue weighted by atomic mass is 10.1. The summed E-state index contributed by atoms with van der Waals surface area (Å²) in [6.45, 7) is 0. The molecule has 0 heterocycles. The second-order valence-electron chi connectivity index (χ2n) is 3.87. The normalized spacial score (nSPS) is 15.9. The van der Waals surface area contributed by atoms with Gasteiger partial charge in [0, 0.05) is 24.3 Å². The summed E-state index contributed by atoms with van der Waals surface area (Å²) in [7, 11) is 4.21. The largest absolute Gasteiger partial charge is 0.377 e. The molecule has 0 unspecified atom stereocenters. The number of anilines is 1. The van der Waals surface area contributed by atoms with Gasteiger partial charge in [0.2, 0.25) is 0 Å². The van der Waals surface area contributed by atoms with Crippen LogP contribution in [-0.2, 0) is 0 Å². The van der Waals surface area contributed by atoms with Crippen LogP contribution in [0.3, 0.4) is 0 Å².